The number of nitrogens with zero attached hydrogens (tertiary/aromatic N) is 2. The van der Waals surface area contributed by atoms with Gasteiger partial charge in [-0.15, -0.1) is 0 Å². The smallest absolute Gasteiger partial charge is 0.257 e. The minimum atomic E-state index is 0.563. The zero-order valence-electron chi connectivity index (χ0n) is 9.83. The molecule has 5 heteroatoms. The van der Waals surface area contributed by atoms with Crippen LogP contribution in [0.4, 0.5) is 0 Å². The number of nitrogens with one attached hydrogen (secondary N) is 1. The third-order valence-corrected chi connectivity index (χ3v) is 3.30. The van der Waals surface area contributed by atoms with Crippen molar-refractivity contribution in [3.63, 3.8) is 0 Å². The summed E-state index contributed by atoms with van der Waals surface area (Å²) in [5.41, 5.74) is 2.09. The quantitative estimate of drug-likeness (QED) is 0.942. The second-order valence-corrected chi connectivity index (χ2v) is 4.61. The van der Waals surface area contributed by atoms with Gasteiger partial charge in [-0.25, -0.2) is 0 Å². The average molecular weight is 296 g/mol. The molecule has 0 aliphatic carbocycles. The van der Waals surface area contributed by atoms with Crippen molar-refractivity contribution >= 4 is 15.9 Å². The Balaban J connectivity index is 2.21. The Labute approximate surface area is 109 Å². The van der Waals surface area contributed by atoms with Crippen molar-refractivity contribution in [3.05, 3.63) is 34.1 Å². The fraction of sp³-hybridized carbons (Fsp3) is 0.333. The molecule has 0 amide bonds. The van der Waals surface area contributed by atoms with E-state index < -0.39 is 0 Å². The molecule has 0 atom stereocenters. The van der Waals surface area contributed by atoms with Crippen molar-refractivity contribution in [1.82, 2.24) is 15.5 Å². The van der Waals surface area contributed by atoms with Crippen molar-refractivity contribution in [2.24, 2.45) is 0 Å². The lowest BCUT2D eigenvalue weighted by atomic mass is 10.1. The van der Waals surface area contributed by atoms with Crippen LogP contribution < -0.4 is 5.32 Å². The first kappa shape index (κ1) is 12.3. The van der Waals surface area contributed by atoms with Crippen molar-refractivity contribution in [2.75, 3.05) is 6.54 Å². The largest absolute Gasteiger partial charge is 0.334 e. The maximum Gasteiger partial charge on any atom is 0.257 e. The van der Waals surface area contributed by atoms with Gasteiger partial charge in [0.05, 0.1) is 6.54 Å². The van der Waals surface area contributed by atoms with Gasteiger partial charge in [-0.1, -0.05) is 28.0 Å². The van der Waals surface area contributed by atoms with Gasteiger partial charge < -0.3 is 9.84 Å². The van der Waals surface area contributed by atoms with Gasteiger partial charge in [0.15, 0.2) is 5.82 Å². The second kappa shape index (κ2) is 5.42. The van der Waals surface area contributed by atoms with E-state index in [0.717, 1.165) is 22.1 Å². The summed E-state index contributed by atoms with van der Waals surface area (Å²) in [5, 5.41) is 7.08. The highest BCUT2D eigenvalue weighted by atomic mass is 79.9. The molecule has 1 heterocycles. The number of hydrogen-bond acceptors (Lipinski definition) is 4. The lowest BCUT2D eigenvalue weighted by Crippen LogP contribution is -2.12. The van der Waals surface area contributed by atoms with Gasteiger partial charge >= 0.3 is 0 Å². The molecule has 0 aliphatic heterocycles. The maximum atomic E-state index is 5.23. The molecule has 0 saturated carbocycles. The van der Waals surface area contributed by atoms with Crippen molar-refractivity contribution in [3.8, 4) is 11.5 Å². The standard InChI is InChI=1S/C12H14BrN3O/c1-3-14-7-11-15-12(17-16-11)9-4-5-10(13)8(2)6-9/h4-6,14H,3,7H2,1-2H3. The third kappa shape index (κ3) is 2.92. The fourth-order valence-corrected chi connectivity index (χ4v) is 1.70. The van der Waals surface area contributed by atoms with Crippen molar-refractivity contribution in [2.45, 2.75) is 20.4 Å². The van der Waals surface area contributed by atoms with Crippen LogP contribution in [0.1, 0.15) is 18.3 Å². The summed E-state index contributed by atoms with van der Waals surface area (Å²) in [4.78, 5) is 4.33. The molecule has 0 saturated heterocycles. The maximum absolute atomic E-state index is 5.23. The first-order valence-electron chi connectivity index (χ1n) is 5.50. The molecule has 0 bridgehead atoms. The fourth-order valence-electron chi connectivity index (χ4n) is 1.46. The Kier molecular flexibility index (Phi) is 3.91. The molecule has 1 aromatic carbocycles. The normalized spacial score (nSPS) is 10.8. The van der Waals surface area contributed by atoms with Gasteiger partial charge in [-0.2, -0.15) is 4.98 Å². The summed E-state index contributed by atoms with van der Waals surface area (Å²) in [5.74, 6) is 1.25. The van der Waals surface area contributed by atoms with Gasteiger partial charge in [0, 0.05) is 10.0 Å². The molecule has 1 aromatic heterocycles. The van der Waals surface area contributed by atoms with E-state index in [0.29, 0.717) is 18.3 Å². The van der Waals surface area contributed by atoms with E-state index in [9.17, 15) is 0 Å². The number of halogens is 1. The highest BCUT2D eigenvalue weighted by molar-refractivity contribution is 9.10. The first-order valence-corrected chi connectivity index (χ1v) is 6.30. The van der Waals surface area contributed by atoms with E-state index in [1.165, 1.54) is 0 Å². The number of aryl methyl sites for hydroxylation is 1. The minimum Gasteiger partial charge on any atom is -0.334 e. The molecule has 4 nitrogen and oxygen atoms in total. The molecule has 0 fully saturated rings. The summed E-state index contributed by atoms with van der Waals surface area (Å²) < 4.78 is 6.30. The molecular weight excluding hydrogens is 282 g/mol. The van der Waals surface area contributed by atoms with Gasteiger partial charge in [0.1, 0.15) is 0 Å². The average Bonchev–Trinajstić information content (AvgIpc) is 2.79. The summed E-state index contributed by atoms with van der Waals surface area (Å²) >= 11 is 3.46. The van der Waals surface area contributed by atoms with Gasteiger partial charge in [0.25, 0.3) is 5.89 Å². The van der Waals surface area contributed by atoms with Gasteiger partial charge in [0.2, 0.25) is 0 Å². The van der Waals surface area contributed by atoms with E-state index in [-0.39, 0.29) is 0 Å². The van der Waals surface area contributed by atoms with Crippen LogP contribution in [0.3, 0.4) is 0 Å². The Morgan fingerprint density at radius 3 is 2.94 bits per heavy atom. The van der Waals surface area contributed by atoms with Crippen LogP contribution in [0.5, 0.6) is 0 Å². The second-order valence-electron chi connectivity index (χ2n) is 3.76. The molecule has 0 unspecified atom stereocenters. The third-order valence-electron chi connectivity index (χ3n) is 2.41. The lowest BCUT2D eigenvalue weighted by molar-refractivity contribution is 0.420. The van der Waals surface area contributed by atoms with E-state index in [1.807, 2.05) is 32.0 Å². The van der Waals surface area contributed by atoms with Crippen LogP contribution >= 0.6 is 15.9 Å². The monoisotopic (exact) mass is 295 g/mol. The molecule has 0 spiro atoms. The summed E-state index contributed by atoms with van der Waals surface area (Å²) in [6, 6.07) is 5.97. The predicted octanol–water partition coefficient (Wildman–Crippen LogP) is 2.92. The van der Waals surface area contributed by atoms with E-state index >= 15 is 0 Å². The van der Waals surface area contributed by atoms with E-state index in [1.54, 1.807) is 0 Å². The number of rotatable bonds is 4. The Bertz CT molecular complexity index is 510. The zero-order chi connectivity index (χ0) is 12.3. The molecule has 17 heavy (non-hydrogen) atoms. The number of benzene rings is 1. The molecule has 1 N–H and O–H groups in total. The lowest BCUT2D eigenvalue weighted by Gasteiger charge is -1.99. The molecule has 2 aromatic rings. The highest BCUT2D eigenvalue weighted by Gasteiger charge is 2.09. The molecular formula is C12H14BrN3O. The topological polar surface area (TPSA) is 51.0 Å². The molecule has 2 rings (SSSR count). The van der Waals surface area contributed by atoms with Crippen LogP contribution in [0, 0.1) is 6.92 Å². The summed E-state index contributed by atoms with van der Waals surface area (Å²) in [7, 11) is 0. The van der Waals surface area contributed by atoms with Crippen molar-refractivity contribution in [1.29, 1.82) is 0 Å². The number of aromatic nitrogens is 2. The molecule has 90 valence electrons. The zero-order valence-corrected chi connectivity index (χ0v) is 11.4. The van der Waals surface area contributed by atoms with Crippen LogP contribution in [0.25, 0.3) is 11.5 Å². The first-order chi connectivity index (χ1) is 8.20. The van der Waals surface area contributed by atoms with Crippen LogP contribution in [-0.4, -0.2) is 16.7 Å². The predicted molar refractivity (Wildman–Crippen MR) is 69.6 cm³/mol. The van der Waals surface area contributed by atoms with Gasteiger partial charge in [-0.05, 0) is 37.2 Å². The van der Waals surface area contributed by atoms with E-state index in [4.69, 9.17) is 4.52 Å². The summed E-state index contributed by atoms with van der Waals surface area (Å²) in [6.45, 7) is 5.60. The Morgan fingerprint density at radius 2 is 2.24 bits per heavy atom. The van der Waals surface area contributed by atoms with Crippen molar-refractivity contribution < 1.29 is 4.52 Å². The minimum absolute atomic E-state index is 0.563. The highest BCUT2D eigenvalue weighted by Crippen LogP contribution is 2.23. The summed E-state index contributed by atoms with van der Waals surface area (Å²) in [6.07, 6.45) is 0. The SMILES string of the molecule is CCNCc1noc(-c2ccc(Br)c(C)c2)n1. The molecule has 0 aliphatic rings. The van der Waals surface area contributed by atoms with E-state index in [2.05, 4.69) is 31.4 Å². The molecule has 0 radical (unpaired) electrons. The van der Waals surface area contributed by atoms with Crippen LogP contribution in [0.15, 0.2) is 27.2 Å². The number of hydrogen-bond donors (Lipinski definition) is 1. The van der Waals surface area contributed by atoms with Gasteiger partial charge in [-0.3, -0.25) is 0 Å². The van der Waals surface area contributed by atoms with Crippen LogP contribution in [0.2, 0.25) is 0 Å². The Hall–Kier alpha value is -1.20. The Morgan fingerprint density at radius 1 is 1.41 bits per heavy atom. The van der Waals surface area contributed by atoms with Crippen LogP contribution in [-0.2, 0) is 6.54 Å².